The van der Waals surface area contributed by atoms with Gasteiger partial charge in [-0.3, -0.25) is 19.0 Å². The molecular formula is C43H59N3O10S. The number of carbonyl (C=O) groups is 3. The number of sulfone groups is 1. The van der Waals surface area contributed by atoms with Crippen LogP contribution in [0.5, 0.6) is 5.88 Å². The summed E-state index contributed by atoms with van der Waals surface area (Å²) in [5, 5.41) is 28.6. The predicted molar refractivity (Wildman–Crippen MR) is 207 cm³/mol. The highest BCUT2D eigenvalue weighted by Gasteiger charge is 2.70. The van der Waals surface area contributed by atoms with E-state index in [1.165, 1.54) is 29.8 Å². The van der Waals surface area contributed by atoms with E-state index >= 15 is 0 Å². The second kappa shape index (κ2) is 14.2. The molecule has 1 aromatic heterocycles. The number of aliphatic hydroxyl groups is 1. The smallest absolute Gasteiger partial charge is 0.414 e. The Hall–Kier alpha value is -3.78. The van der Waals surface area contributed by atoms with Gasteiger partial charge in [-0.2, -0.15) is 0 Å². The van der Waals surface area contributed by atoms with Crippen LogP contribution in [0.3, 0.4) is 0 Å². The maximum atomic E-state index is 14.6. The van der Waals surface area contributed by atoms with E-state index in [0.29, 0.717) is 19.3 Å². The van der Waals surface area contributed by atoms with Crippen LogP contribution in [-0.4, -0.2) is 62.2 Å². The second-order valence-corrected chi connectivity index (χ2v) is 21.5. The van der Waals surface area contributed by atoms with Gasteiger partial charge in [0, 0.05) is 17.8 Å². The molecule has 1 heterocycles. The number of ketones is 1. The molecule has 1 amide bonds. The van der Waals surface area contributed by atoms with Crippen molar-refractivity contribution in [3.63, 3.8) is 0 Å². The summed E-state index contributed by atoms with van der Waals surface area (Å²) in [5.41, 5.74) is -0.482. The molecule has 0 saturated heterocycles. The first-order valence-corrected chi connectivity index (χ1v) is 22.0. The first kappa shape index (κ1) is 41.4. The zero-order chi connectivity index (χ0) is 41.4. The molecule has 0 unspecified atom stereocenters. The molecule has 312 valence electrons. The number of ether oxygens (including phenoxy) is 2. The summed E-state index contributed by atoms with van der Waals surface area (Å²) in [6.45, 7) is 15.2. The van der Waals surface area contributed by atoms with Gasteiger partial charge in [0.15, 0.2) is 5.78 Å². The van der Waals surface area contributed by atoms with E-state index in [4.69, 9.17) is 9.47 Å². The molecule has 57 heavy (non-hydrogen) atoms. The van der Waals surface area contributed by atoms with E-state index in [1.54, 1.807) is 6.07 Å². The van der Waals surface area contributed by atoms with Crippen LogP contribution in [0.15, 0.2) is 56.5 Å². The third kappa shape index (κ3) is 6.51. The molecule has 0 aliphatic heterocycles. The number of hydrogen-bond acceptors (Lipinski definition) is 11. The monoisotopic (exact) mass is 809 g/mol. The SMILES string of the molecule is CC1(C)[C@@H](O)CC[C@]2(C)[C@H]3C(=O)C=C4[C@@H]5C[C@@](C)(C(=O)NCC(=O)OCCCOc6no[n+]([O-])c6S(=O)(=O)c6ccccc6)CC[C@]5(C)CC[C@@]4(C)[C@]3(C)CC[C@@H]12. The van der Waals surface area contributed by atoms with E-state index < -0.39 is 32.1 Å². The minimum Gasteiger partial charge on any atom is -0.464 e. The Labute approximate surface area is 335 Å². The number of aliphatic hydroxyl groups excluding tert-OH is 1. The number of nitrogens with one attached hydrogen (secondary N) is 1. The van der Waals surface area contributed by atoms with Gasteiger partial charge in [0.25, 0.3) is 9.84 Å². The highest BCUT2D eigenvalue weighted by molar-refractivity contribution is 7.91. The molecule has 14 heteroatoms. The molecular weight excluding hydrogens is 751 g/mol. The highest BCUT2D eigenvalue weighted by atomic mass is 32.2. The summed E-state index contributed by atoms with van der Waals surface area (Å²) in [6.07, 6.45) is 9.37. The molecule has 5 aliphatic carbocycles. The van der Waals surface area contributed by atoms with Crippen molar-refractivity contribution < 1.29 is 46.9 Å². The standard InChI is InChI=1S/C43H59N3O10S/c1-38(2)31-14-17-43(7)34(41(31,5)16-15-32(38)48)30(47)24-28-29-25-40(4,19-18-39(29,3)20-21-42(28,43)6)37(50)44-26-33(49)54-22-11-23-55-35-36(46(51)56-45-35)57(52,53)27-12-9-8-10-13-27/h8-10,12-13,24,29,31-32,34,48H,11,14-23,25-26H2,1-7H3,(H,44,50)/t29-,31-,32-,34+,39+,40-,41-,42+,43+/m0/s1. The number of aromatic nitrogens is 2. The number of esters is 1. The van der Waals surface area contributed by atoms with E-state index in [0.717, 1.165) is 38.5 Å². The fourth-order valence-corrected chi connectivity index (χ4v) is 13.7. The summed E-state index contributed by atoms with van der Waals surface area (Å²) in [4.78, 5) is 40.9. The Morgan fingerprint density at radius 1 is 0.982 bits per heavy atom. The number of nitrogens with zero attached hydrogens (tertiary/aromatic N) is 2. The Kier molecular flexibility index (Phi) is 10.3. The molecule has 0 spiro atoms. The molecule has 0 radical (unpaired) electrons. The van der Waals surface area contributed by atoms with Crippen LogP contribution < -0.4 is 15.0 Å². The number of hydrogen-bond donors (Lipinski definition) is 2. The van der Waals surface area contributed by atoms with Crippen molar-refractivity contribution in [3.05, 3.63) is 47.2 Å². The van der Waals surface area contributed by atoms with Crippen LogP contribution in [0, 0.1) is 55.5 Å². The summed E-state index contributed by atoms with van der Waals surface area (Å²) in [6, 6.07) is 7.35. The van der Waals surface area contributed by atoms with Gasteiger partial charge in [-0.1, -0.05) is 72.2 Å². The number of benzene rings is 1. The lowest BCUT2D eigenvalue weighted by Gasteiger charge is -2.70. The van der Waals surface area contributed by atoms with E-state index in [9.17, 15) is 33.1 Å². The molecule has 13 nitrogen and oxygen atoms in total. The van der Waals surface area contributed by atoms with Gasteiger partial charge in [0.05, 0.1) is 29.4 Å². The molecule has 9 atom stereocenters. The number of fused-ring (bicyclic) bond motifs is 7. The summed E-state index contributed by atoms with van der Waals surface area (Å²) < 4.78 is 41.2. The molecule has 2 N–H and O–H groups in total. The van der Waals surface area contributed by atoms with Gasteiger partial charge >= 0.3 is 16.9 Å². The average Bonchev–Trinajstić information content (AvgIpc) is 3.54. The third-order valence-electron chi connectivity index (χ3n) is 16.1. The maximum Gasteiger partial charge on any atom is 0.414 e. The van der Waals surface area contributed by atoms with Crippen LogP contribution in [0.2, 0.25) is 0 Å². The molecule has 2 aromatic rings. The van der Waals surface area contributed by atoms with Gasteiger partial charge < -0.3 is 25.1 Å². The molecule has 0 bridgehead atoms. The van der Waals surface area contributed by atoms with Crippen molar-refractivity contribution in [1.29, 1.82) is 0 Å². The van der Waals surface area contributed by atoms with Crippen molar-refractivity contribution in [1.82, 2.24) is 10.5 Å². The second-order valence-electron chi connectivity index (χ2n) is 19.6. The maximum absolute atomic E-state index is 14.6. The zero-order valence-corrected chi connectivity index (χ0v) is 35.2. The molecule has 4 fully saturated rings. The third-order valence-corrected chi connectivity index (χ3v) is 17.9. The Bertz CT molecular complexity index is 2070. The Balaban J connectivity index is 0.968. The van der Waals surface area contributed by atoms with Crippen molar-refractivity contribution in [2.45, 2.75) is 129 Å². The Morgan fingerprint density at radius 2 is 1.68 bits per heavy atom. The van der Waals surface area contributed by atoms with Crippen LogP contribution in [0.25, 0.3) is 0 Å². The highest BCUT2D eigenvalue weighted by Crippen LogP contribution is 2.75. The average molecular weight is 810 g/mol. The van der Waals surface area contributed by atoms with Gasteiger partial charge in [0.2, 0.25) is 5.91 Å². The van der Waals surface area contributed by atoms with Crippen LogP contribution >= 0.6 is 0 Å². The molecule has 4 saturated carbocycles. The van der Waals surface area contributed by atoms with Crippen LogP contribution in [-0.2, 0) is 29.0 Å². The fourth-order valence-electron chi connectivity index (χ4n) is 12.4. The molecule has 7 rings (SSSR count). The largest absolute Gasteiger partial charge is 0.464 e. The molecule has 1 aromatic carbocycles. The van der Waals surface area contributed by atoms with Crippen LogP contribution in [0.1, 0.15) is 113 Å². The minimum absolute atomic E-state index is 0.0416. The van der Waals surface area contributed by atoms with Crippen molar-refractivity contribution in [2.24, 2.45) is 50.2 Å². The van der Waals surface area contributed by atoms with Gasteiger partial charge in [-0.05, 0) is 120 Å². The van der Waals surface area contributed by atoms with Gasteiger partial charge in [-0.25, -0.2) is 8.42 Å². The predicted octanol–water partition coefficient (Wildman–Crippen LogP) is 5.91. The quantitative estimate of drug-likeness (QED) is 0.165. The van der Waals surface area contributed by atoms with Crippen molar-refractivity contribution in [2.75, 3.05) is 19.8 Å². The van der Waals surface area contributed by atoms with Crippen molar-refractivity contribution >= 4 is 27.5 Å². The number of carbonyl (C=O) groups excluding carboxylic acids is 3. The topological polar surface area (TPSA) is 189 Å². The first-order valence-electron chi connectivity index (χ1n) is 20.5. The summed E-state index contributed by atoms with van der Waals surface area (Å²) in [7, 11) is -4.27. The zero-order valence-electron chi connectivity index (χ0n) is 34.4. The first-order chi connectivity index (χ1) is 26.6. The lowest BCUT2D eigenvalue weighted by molar-refractivity contribution is -0.832. The minimum atomic E-state index is -4.27. The van der Waals surface area contributed by atoms with Gasteiger partial charge in [-0.15, -0.1) is 0 Å². The number of rotatable bonds is 10. The van der Waals surface area contributed by atoms with Crippen molar-refractivity contribution in [3.8, 4) is 5.88 Å². The number of allylic oxidation sites excluding steroid dienone is 2. The lowest BCUT2D eigenvalue weighted by Crippen LogP contribution is -2.66. The fraction of sp³-hybridized carbons (Fsp3) is 0.698. The van der Waals surface area contributed by atoms with E-state index in [-0.39, 0.29) is 98.6 Å². The normalized spacial score (nSPS) is 37.1. The van der Waals surface area contributed by atoms with E-state index in [1.807, 2.05) is 13.0 Å². The summed E-state index contributed by atoms with van der Waals surface area (Å²) in [5.74, 6) is -0.948. The lowest BCUT2D eigenvalue weighted by atomic mass is 9.33. The van der Waals surface area contributed by atoms with Gasteiger partial charge in [0.1, 0.15) is 6.54 Å². The van der Waals surface area contributed by atoms with E-state index in [2.05, 4.69) is 56.6 Å². The number of amides is 1. The van der Waals surface area contributed by atoms with Crippen LogP contribution in [0.4, 0.5) is 0 Å². The summed E-state index contributed by atoms with van der Waals surface area (Å²) >= 11 is 0. The molecule has 5 aliphatic rings. The Morgan fingerprint density at radius 3 is 2.40 bits per heavy atom.